The van der Waals surface area contributed by atoms with Gasteiger partial charge in [-0.25, -0.2) is 4.68 Å². The van der Waals surface area contributed by atoms with Crippen LogP contribution in [-0.2, 0) is 0 Å². The smallest absolute Gasteiger partial charge is 0.254 e. The number of fused-ring (bicyclic) bond motifs is 1. The van der Waals surface area contributed by atoms with Gasteiger partial charge < -0.3 is 15.8 Å². The highest BCUT2D eigenvalue weighted by Crippen LogP contribution is 2.37. The van der Waals surface area contributed by atoms with Crippen molar-refractivity contribution < 1.29 is 9.53 Å². The van der Waals surface area contributed by atoms with Gasteiger partial charge in [0, 0.05) is 24.9 Å². The van der Waals surface area contributed by atoms with Crippen molar-refractivity contribution in [2.75, 3.05) is 11.9 Å². The number of allylic oxidation sites excluding steroid dienone is 2. The van der Waals surface area contributed by atoms with E-state index >= 15 is 0 Å². The van der Waals surface area contributed by atoms with Crippen molar-refractivity contribution in [1.29, 1.82) is 0 Å². The number of primary amides is 1. The summed E-state index contributed by atoms with van der Waals surface area (Å²) >= 11 is 0. The van der Waals surface area contributed by atoms with Gasteiger partial charge in [0.1, 0.15) is 28.9 Å². The maximum absolute atomic E-state index is 12.5. The molecule has 0 saturated heterocycles. The predicted octanol–water partition coefficient (Wildman–Crippen LogP) is 3.82. The Morgan fingerprint density at radius 1 is 1.22 bits per heavy atom. The van der Waals surface area contributed by atoms with Gasteiger partial charge in [0.05, 0.1) is 6.04 Å². The number of rotatable bonds is 5. The molecule has 0 saturated carbocycles. The lowest BCUT2D eigenvalue weighted by Crippen LogP contribution is -2.26. The van der Waals surface area contributed by atoms with E-state index < -0.39 is 5.91 Å². The Morgan fingerprint density at radius 2 is 2.06 bits per heavy atom. The Balaban J connectivity index is 1.49. The first-order chi connectivity index (χ1) is 15.6. The van der Waals surface area contributed by atoms with Gasteiger partial charge in [-0.3, -0.25) is 9.78 Å². The van der Waals surface area contributed by atoms with E-state index in [1.165, 1.54) is 0 Å². The molecule has 7 nitrogen and oxygen atoms in total. The van der Waals surface area contributed by atoms with E-state index in [2.05, 4.69) is 23.3 Å². The summed E-state index contributed by atoms with van der Waals surface area (Å²) in [6.07, 6.45) is 10.4. The van der Waals surface area contributed by atoms with Gasteiger partial charge >= 0.3 is 0 Å². The van der Waals surface area contributed by atoms with Crippen LogP contribution in [0.1, 0.15) is 41.0 Å². The highest BCUT2D eigenvalue weighted by atomic mass is 16.5. The molecule has 0 bridgehead atoms. The molecule has 0 radical (unpaired) electrons. The van der Waals surface area contributed by atoms with Crippen molar-refractivity contribution in [3.8, 4) is 5.75 Å². The first-order valence-corrected chi connectivity index (χ1v) is 10.8. The van der Waals surface area contributed by atoms with Crippen LogP contribution in [0.25, 0.3) is 5.57 Å². The van der Waals surface area contributed by atoms with Crippen LogP contribution in [0.15, 0.2) is 73.1 Å². The van der Waals surface area contributed by atoms with E-state index in [9.17, 15) is 4.79 Å². The van der Waals surface area contributed by atoms with Crippen molar-refractivity contribution in [1.82, 2.24) is 14.8 Å². The molecule has 1 amide bonds. The molecule has 1 aromatic carbocycles. The highest BCUT2D eigenvalue weighted by molar-refractivity contribution is 6.03. The summed E-state index contributed by atoms with van der Waals surface area (Å²) in [6.45, 7) is 2.82. The van der Waals surface area contributed by atoms with Gasteiger partial charge in [-0.2, -0.15) is 5.10 Å². The fourth-order valence-corrected chi connectivity index (χ4v) is 4.36. The van der Waals surface area contributed by atoms with Crippen LogP contribution in [0.2, 0.25) is 0 Å². The zero-order valence-electron chi connectivity index (χ0n) is 17.8. The molecule has 7 heteroatoms. The number of nitrogens with two attached hydrogens (primary N) is 1. The van der Waals surface area contributed by atoms with E-state index in [1.54, 1.807) is 6.20 Å². The molecule has 0 fully saturated rings. The van der Waals surface area contributed by atoms with Gasteiger partial charge in [-0.15, -0.1) is 0 Å². The molecule has 3 unspecified atom stereocenters. The molecule has 162 valence electrons. The van der Waals surface area contributed by atoms with Crippen molar-refractivity contribution in [3.05, 3.63) is 89.9 Å². The SMILES string of the molecule is CC1C=C(c2nn3c(c2C(N)=O)NCCC3c2cccnc2)C=CC1Oc1ccccc1. The highest BCUT2D eigenvalue weighted by Gasteiger charge is 2.32. The number of anilines is 1. The van der Waals surface area contributed by atoms with E-state index in [0.717, 1.165) is 29.9 Å². The van der Waals surface area contributed by atoms with Crippen molar-refractivity contribution in [2.24, 2.45) is 11.7 Å². The molecule has 3 aromatic rings. The summed E-state index contributed by atoms with van der Waals surface area (Å²) in [6, 6.07) is 13.7. The minimum atomic E-state index is -0.495. The number of carbonyl (C=O) groups is 1. The minimum absolute atomic E-state index is 0.00782. The van der Waals surface area contributed by atoms with Crippen LogP contribution >= 0.6 is 0 Å². The Kier molecular flexibility index (Phi) is 5.23. The first-order valence-electron chi connectivity index (χ1n) is 10.8. The molecule has 5 rings (SSSR count). The Labute approximate surface area is 186 Å². The number of hydrogen-bond donors (Lipinski definition) is 2. The molecule has 3 N–H and O–H groups in total. The van der Waals surface area contributed by atoms with Crippen LogP contribution in [0.4, 0.5) is 5.82 Å². The number of nitrogens with zero attached hydrogens (tertiary/aromatic N) is 3. The second-order valence-electron chi connectivity index (χ2n) is 8.13. The Bertz CT molecular complexity index is 1180. The van der Waals surface area contributed by atoms with E-state index in [1.807, 2.05) is 65.5 Å². The third kappa shape index (κ3) is 3.66. The lowest BCUT2D eigenvalue weighted by molar-refractivity contribution is 0.100. The lowest BCUT2D eigenvalue weighted by atomic mass is 9.92. The van der Waals surface area contributed by atoms with Crippen LogP contribution in [0, 0.1) is 5.92 Å². The summed E-state index contributed by atoms with van der Waals surface area (Å²) in [4.78, 5) is 16.7. The quantitative estimate of drug-likeness (QED) is 0.645. The topological polar surface area (TPSA) is 95.1 Å². The normalized spacial score (nSPS) is 21.9. The molecule has 3 heterocycles. The molecule has 0 spiro atoms. The van der Waals surface area contributed by atoms with Crippen LogP contribution in [0.5, 0.6) is 5.75 Å². The number of hydrogen-bond acceptors (Lipinski definition) is 5. The number of para-hydroxylation sites is 1. The average Bonchev–Trinajstić information content (AvgIpc) is 3.22. The van der Waals surface area contributed by atoms with Gasteiger partial charge in [0.25, 0.3) is 5.91 Å². The second kappa shape index (κ2) is 8.34. The number of nitrogens with one attached hydrogen (secondary N) is 1. The average molecular weight is 428 g/mol. The van der Waals surface area contributed by atoms with Crippen molar-refractivity contribution in [3.63, 3.8) is 0 Å². The number of benzene rings is 1. The zero-order chi connectivity index (χ0) is 22.1. The lowest BCUT2D eigenvalue weighted by Gasteiger charge is -2.26. The summed E-state index contributed by atoms with van der Waals surface area (Å²) in [5, 5.41) is 8.19. The molecular formula is C25H25N5O2. The van der Waals surface area contributed by atoms with Gasteiger partial charge in [-0.05, 0) is 41.8 Å². The third-order valence-corrected chi connectivity index (χ3v) is 5.95. The zero-order valence-corrected chi connectivity index (χ0v) is 17.8. The molecule has 1 aliphatic carbocycles. The molecular weight excluding hydrogens is 402 g/mol. The van der Waals surface area contributed by atoms with E-state index in [-0.39, 0.29) is 18.1 Å². The first kappa shape index (κ1) is 20.1. The summed E-state index contributed by atoms with van der Waals surface area (Å²) in [5.41, 5.74) is 8.75. The molecule has 2 aliphatic rings. The standard InChI is InChI=1S/C25H25N5O2/c1-16-14-17(9-10-21(16)32-19-7-3-2-4-8-19)23-22(24(26)31)25-28-13-11-20(30(25)29-23)18-6-5-12-27-15-18/h2-10,12,14-16,20-21,28H,11,13H2,1H3,(H2,26,31). The third-order valence-electron chi connectivity index (χ3n) is 5.95. The minimum Gasteiger partial charge on any atom is -0.486 e. The predicted molar refractivity (Wildman–Crippen MR) is 123 cm³/mol. The molecule has 3 atom stereocenters. The fourth-order valence-electron chi connectivity index (χ4n) is 4.36. The summed E-state index contributed by atoms with van der Waals surface area (Å²) < 4.78 is 7.99. The summed E-state index contributed by atoms with van der Waals surface area (Å²) in [5.74, 6) is 1.09. The number of pyridine rings is 1. The van der Waals surface area contributed by atoms with Crippen LogP contribution in [0.3, 0.4) is 0 Å². The monoisotopic (exact) mass is 427 g/mol. The summed E-state index contributed by atoms with van der Waals surface area (Å²) in [7, 11) is 0. The van der Waals surface area contributed by atoms with Gasteiger partial charge in [-0.1, -0.05) is 43.3 Å². The second-order valence-corrected chi connectivity index (χ2v) is 8.13. The van der Waals surface area contributed by atoms with Gasteiger partial charge in [0.15, 0.2) is 0 Å². The number of amides is 1. The van der Waals surface area contributed by atoms with Gasteiger partial charge in [0.2, 0.25) is 0 Å². The molecule has 2 aromatic heterocycles. The van der Waals surface area contributed by atoms with Crippen LogP contribution < -0.4 is 15.8 Å². The Hall–Kier alpha value is -3.87. The molecule has 1 aliphatic heterocycles. The van der Waals surface area contributed by atoms with Crippen LogP contribution in [-0.4, -0.2) is 33.3 Å². The Morgan fingerprint density at radius 3 is 2.78 bits per heavy atom. The number of aromatic nitrogens is 3. The van der Waals surface area contributed by atoms with E-state index in [0.29, 0.717) is 17.1 Å². The number of carbonyl (C=O) groups excluding carboxylic acids is 1. The number of ether oxygens (including phenoxy) is 1. The van der Waals surface area contributed by atoms with E-state index in [4.69, 9.17) is 15.6 Å². The largest absolute Gasteiger partial charge is 0.486 e. The fraction of sp³-hybridized carbons (Fsp3) is 0.240. The van der Waals surface area contributed by atoms with Crippen molar-refractivity contribution >= 4 is 17.3 Å². The molecule has 32 heavy (non-hydrogen) atoms. The maximum Gasteiger partial charge on any atom is 0.254 e. The van der Waals surface area contributed by atoms with Crippen molar-refractivity contribution in [2.45, 2.75) is 25.5 Å². The maximum atomic E-state index is 12.5.